The van der Waals surface area contributed by atoms with Crippen LogP contribution >= 0.6 is 11.3 Å². The molecule has 0 bridgehead atoms. The van der Waals surface area contributed by atoms with Crippen molar-refractivity contribution in [2.75, 3.05) is 17.2 Å². The molecule has 0 aliphatic rings. The number of carbonyl (C=O) groups excluding carboxylic acids is 1. The summed E-state index contributed by atoms with van der Waals surface area (Å²) in [4.78, 5) is 17.2. The van der Waals surface area contributed by atoms with E-state index in [1.807, 2.05) is 29.6 Å². The number of nitrogens with zero attached hydrogens (tertiary/aromatic N) is 1. The standard InChI is InChI=1S/C16H21N3OS/c1-2-3-4-9-17-13-7-8-15(18-12-13)19-16(20)11-14-6-5-10-21-14/h5-8,10,12,17H,2-4,9,11H2,1H3,(H,18,19,20). The van der Waals surface area contributed by atoms with Crippen molar-refractivity contribution < 1.29 is 4.79 Å². The van der Waals surface area contributed by atoms with Crippen LogP contribution in [0.5, 0.6) is 0 Å². The maximum Gasteiger partial charge on any atom is 0.230 e. The van der Waals surface area contributed by atoms with Gasteiger partial charge in [0.2, 0.25) is 5.91 Å². The number of unbranched alkanes of at least 4 members (excludes halogenated alkanes) is 2. The Morgan fingerprint density at radius 2 is 2.19 bits per heavy atom. The van der Waals surface area contributed by atoms with Crippen LogP contribution in [0.1, 0.15) is 31.1 Å². The number of nitrogens with one attached hydrogen (secondary N) is 2. The van der Waals surface area contributed by atoms with Crippen LogP contribution < -0.4 is 10.6 Å². The van der Waals surface area contributed by atoms with E-state index in [1.54, 1.807) is 17.5 Å². The van der Waals surface area contributed by atoms with Crippen molar-refractivity contribution in [1.82, 2.24) is 4.98 Å². The molecule has 112 valence electrons. The molecule has 2 N–H and O–H groups in total. The number of carbonyl (C=O) groups is 1. The maximum atomic E-state index is 11.8. The molecule has 0 aromatic carbocycles. The molecule has 0 aliphatic carbocycles. The molecular weight excluding hydrogens is 282 g/mol. The Bertz CT molecular complexity index is 537. The molecule has 0 saturated carbocycles. The van der Waals surface area contributed by atoms with Crippen LogP contribution in [-0.2, 0) is 11.2 Å². The monoisotopic (exact) mass is 303 g/mol. The highest BCUT2D eigenvalue weighted by molar-refractivity contribution is 7.10. The van der Waals surface area contributed by atoms with Crippen LogP contribution in [-0.4, -0.2) is 17.4 Å². The highest BCUT2D eigenvalue weighted by Crippen LogP contribution is 2.12. The number of hydrogen-bond donors (Lipinski definition) is 2. The third kappa shape index (κ3) is 5.55. The fraction of sp³-hybridized carbons (Fsp3) is 0.375. The highest BCUT2D eigenvalue weighted by atomic mass is 32.1. The zero-order valence-corrected chi connectivity index (χ0v) is 13.1. The molecule has 5 heteroatoms. The van der Waals surface area contributed by atoms with Gasteiger partial charge in [-0.15, -0.1) is 11.3 Å². The normalized spacial score (nSPS) is 10.3. The highest BCUT2D eigenvalue weighted by Gasteiger charge is 2.05. The summed E-state index contributed by atoms with van der Waals surface area (Å²) in [5.41, 5.74) is 0.988. The van der Waals surface area contributed by atoms with E-state index in [2.05, 4.69) is 22.5 Å². The molecule has 2 aromatic rings. The van der Waals surface area contributed by atoms with Gasteiger partial charge in [-0.2, -0.15) is 0 Å². The van der Waals surface area contributed by atoms with Gasteiger partial charge in [-0.3, -0.25) is 4.79 Å². The second-order valence-electron chi connectivity index (χ2n) is 4.87. The molecule has 21 heavy (non-hydrogen) atoms. The summed E-state index contributed by atoms with van der Waals surface area (Å²) < 4.78 is 0. The number of thiophene rings is 1. The topological polar surface area (TPSA) is 54.0 Å². The lowest BCUT2D eigenvalue weighted by molar-refractivity contribution is -0.115. The quantitative estimate of drug-likeness (QED) is 0.727. The van der Waals surface area contributed by atoms with Crippen LogP contribution in [0.4, 0.5) is 11.5 Å². The van der Waals surface area contributed by atoms with Gasteiger partial charge in [0.15, 0.2) is 0 Å². The van der Waals surface area contributed by atoms with Crippen LogP contribution in [0, 0.1) is 0 Å². The summed E-state index contributed by atoms with van der Waals surface area (Å²) in [7, 11) is 0. The summed E-state index contributed by atoms with van der Waals surface area (Å²) >= 11 is 1.59. The molecule has 2 rings (SSSR count). The Labute approximate surface area is 129 Å². The molecule has 0 atom stereocenters. The molecule has 0 spiro atoms. The Morgan fingerprint density at radius 1 is 1.29 bits per heavy atom. The van der Waals surface area contributed by atoms with Crippen molar-refractivity contribution in [3.63, 3.8) is 0 Å². The molecule has 0 unspecified atom stereocenters. The number of aromatic nitrogens is 1. The average Bonchev–Trinajstić information content (AvgIpc) is 2.98. The van der Waals surface area contributed by atoms with Crippen LogP contribution in [0.3, 0.4) is 0 Å². The fourth-order valence-corrected chi connectivity index (χ4v) is 2.64. The maximum absolute atomic E-state index is 11.8. The largest absolute Gasteiger partial charge is 0.384 e. The van der Waals surface area contributed by atoms with Crippen molar-refractivity contribution in [1.29, 1.82) is 0 Å². The van der Waals surface area contributed by atoms with Crippen molar-refractivity contribution in [2.24, 2.45) is 0 Å². The molecule has 2 heterocycles. The molecule has 4 nitrogen and oxygen atoms in total. The van der Waals surface area contributed by atoms with Gasteiger partial charge in [0.05, 0.1) is 18.3 Å². The first kappa shape index (κ1) is 15.5. The van der Waals surface area contributed by atoms with E-state index in [9.17, 15) is 4.79 Å². The summed E-state index contributed by atoms with van der Waals surface area (Å²) in [6, 6.07) is 7.68. The molecule has 0 saturated heterocycles. The Kier molecular flexibility index (Phi) is 6.22. The van der Waals surface area contributed by atoms with Gasteiger partial charge in [0, 0.05) is 11.4 Å². The minimum atomic E-state index is -0.0337. The molecule has 2 aromatic heterocycles. The SMILES string of the molecule is CCCCCNc1ccc(NC(=O)Cc2cccs2)nc1. The van der Waals surface area contributed by atoms with Crippen molar-refractivity contribution in [3.8, 4) is 0 Å². The zero-order valence-electron chi connectivity index (χ0n) is 12.3. The van der Waals surface area contributed by atoms with Gasteiger partial charge in [-0.25, -0.2) is 4.98 Å². The van der Waals surface area contributed by atoms with E-state index < -0.39 is 0 Å². The molecule has 0 aliphatic heterocycles. The van der Waals surface area contributed by atoms with Crippen LogP contribution in [0.15, 0.2) is 35.8 Å². The van der Waals surface area contributed by atoms with Crippen molar-refractivity contribution >= 4 is 28.7 Å². The number of anilines is 2. The fourth-order valence-electron chi connectivity index (χ4n) is 1.94. The van der Waals surface area contributed by atoms with E-state index in [0.717, 1.165) is 23.5 Å². The first-order valence-electron chi connectivity index (χ1n) is 7.30. The van der Waals surface area contributed by atoms with E-state index >= 15 is 0 Å². The zero-order chi connectivity index (χ0) is 14.9. The number of rotatable bonds is 8. The molecular formula is C16H21N3OS. The predicted octanol–water partition coefficient (Wildman–Crippen LogP) is 3.93. The second-order valence-corrected chi connectivity index (χ2v) is 5.90. The third-order valence-electron chi connectivity index (χ3n) is 3.06. The van der Waals surface area contributed by atoms with Crippen LogP contribution in [0.25, 0.3) is 0 Å². The van der Waals surface area contributed by atoms with E-state index in [0.29, 0.717) is 12.2 Å². The lowest BCUT2D eigenvalue weighted by Gasteiger charge is -2.07. The first-order valence-corrected chi connectivity index (χ1v) is 8.18. The first-order chi connectivity index (χ1) is 10.3. The Balaban J connectivity index is 1.77. The van der Waals surface area contributed by atoms with Gasteiger partial charge in [0.25, 0.3) is 0 Å². The van der Waals surface area contributed by atoms with Gasteiger partial charge >= 0.3 is 0 Å². The lowest BCUT2D eigenvalue weighted by atomic mass is 10.2. The second kappa shape index (κ2) is 8.42. The summed E-state index contributed by atoms with van der Waals surface area (Å²) in [6.45, 7) is 3.15. The minimum Gasteiger partial charge on any atom is -0.384 e. The van der Waals surface area contributed by atoms with E-state index in [-0.39, 0.29) is 5.91 Å². The van der Waals surface area contributed by atoms with Gasteiger partial charge in [-0.05, 0) is 30.0 Å². The van der Waals surface area contributed by atoms with Crippen molar-refractivity contribution in [2.45, 2.75) is 32.6 Å². The number of amides is 1. The number of pyridine rings is 1. The average molecular weight is 303 g/mol. The van der Waals surface area contributed by atoms with E-state index in [1.165, 1.54) is 12.8 Å². The lowest BCUT2D eigenvalue weighted by Crippen LogP contribution is -2.14. The molecule has 1 amide bonds. The minimum absolute atomic E-state index is 0.0337. The van der Waals surface area contributed by atoms with Crippen LogP contribution in [0.2, 0.25) is 0 Å². The number of hydrogen-bond acceptors (Lipinski definition) is 4. The van der Waals surface area contributed by atoms with Gasteiger partial charge in [0.1, 0.15) is 5.82 Å². The Morgan fingerprint density at radius 3 is 2.86 bits per heavy atom. The summed E-state index contributed by atoms with van der Waals surface area (Å²) in [5, 5.41) is 8.11. The smallest absolute Gasteiger partial charge is 0.230 e. The predicted molar refractivity (Wildman–Crippen MR) is 88.9 cm³/mol. The summed E-state index contributed by atoms with van der Waals surface area (Å²) in [5.74, 6) is 0.560. The van der Waals surface area contributed by atoms with E-state index in [4.69, 9.17) is 0 Å². The van der Waals surface area contributed by atoms with Crippen molar-refractivity contribution in [3.05, 3.63) is 40.7 Å². The summed E-state index contributed by atoms with van der Waals surface area (Å²) in [6.07, 6.45) is 5.77. The molecule has 0 radical (unpaired) electrons. The molecule has 0 fully saturated rings. The van der Waals surface area contributed by atoms with Gasteiger partial charge < -0.3 is 10.6 Å². The Hall–Kier alpha value is -1.88. The third-order valence-corrected chi connectivity index (χ3v) is 3.93. The van der Waals surface area contributed by atoms with Gasteiger partial charge in [-0.1, -0.05) is 25.8 Å².